The number of hydrogen-bond acceptors (Lipinski definition) is 4. The molecule has 0 fully saturated rings. The Morgan fingerprint density at radius 2 is 2.28 bits per heavy atom. The van der Waals surface area contributed by atoms with E-state index in [0.29, 0.717) is 0 Å². The van der Waals surface area contributed by atoms with Gasteiger partial charge in [0, 0.05) is 30.5 Å². The summed E-state index contributed by atoms with van der Waals surface area (Å²) in [5, 5.41) is 7.66. The molecule has 3 aromatic rings. The molecule has 0 amide bonds. The predicted octanol–water partition coefficient (Wildman–Crippen LogP) is 2.95. The minimum absolute atomic E-state index is 0.796. The van der Waals surface area contributed by atoms with Gasteiger partial charge in [0.05, 0.1) is 21.9 Å². The van der Waals surface area contributed by atoms with E-state index in [1.165, 1.54) is 16.0 Å². The first-order valence-corrected chi connectivity index (χ1v) is 6.66. The number of nitrogens with zero attached hydrogens (tertiary/aromatic N) is 3. The van der Waals surface area contributed by atoms with Gasteiger partial charge in [-0.3, -0.25) is 4.68 Å². The SMILES string of the molecule is Cc1c(CNc2ccc3ncsc3c2)cnn1C. The first kappa shape index (κ1) is 11.2. The molecular weight excluding hydrogens is 244 g/mol. The van der Waals surface area contributed by atoms with Gasteiger partial charge in [0.2, 0.25) is 0 Å². The fourth-order valence-electron chi connectivity index (χ4n) is 1.88. The molecule has 1 aromatic carbocycles. The molecule has 4 nitrogen and oxygen atoms in total. The van der Waals surface area contributed by atoms with E-state index in [4.69, 9.17) is 0 Å². The van der Waals surface area contributed by atoms with Crippen molar-refractivity contribution in [1.82, 2.24) is 14.8 Å². The number of fused-ring (bicyclic) bond motifs is 1. The van der Waals surface area contributed by atoms with Crippen molar-refractivity contribution in [2.24, 2.45) is 7.05 Å². The van der Waals surface area contributed by atoms with Crippen molar-refractivity contribution in [3.63, 3.8) is 0 Å². The minimum Gasteiger partial charge on any atom is -0.381 e. The Bertz CT molecular complexity index is 683. The summed E-state index contributed by atoms with van der Waals surface area (Å²) in [4.78, 5) is 4.27. The summed E-state index contributed by atoms with van der Waals surface area (Å²) in [6.45, 7) is 2.88. The molecular formula is C13H14N4S. The lowest BCUT2D eigenvalue weighted by molar-refractivity contribution is 0.738. The highest BCUT2D eigenvalue weighted by Crippen LogP contribution is 2.22. The maximum atomic E-state index is 4.27. The topological polar surface area (TPSA) is 42.7 Å². The van der Waals surface area contributed by atoms with E-state index in [1.54, 1.807) is 11.3 Å². The second-order valence-corrected chi connectivity index (χ2v) is 5.15. The highest BCUT2D eigenvalue weighted by molar-refractivity contribution is 7.16. The van der Waals surface area contributed by atoms with Crippen molar-refractivity contribution in [2.75, 3.05) is 5.32 Å². The summed E-state index contributed by atoms with van der Waals surface area (Å²) in [5.41, 5.74) is 6.47. The second kappa shape index (κ2) is 4.42. The summed E-state index contributed by atoms with van der Waals surface area (Å²) in [7, 11) is 1.96. The Balaban J connectivity index is 1.78. The number of anilines is 1. The molecule has 2 aromatic heterocycles. The Labute approximate surface area is 109 Å². The number of nitrogens with one attached hydrogen (secondary N) is 1. The molecule has 0 aliphatic heterocycles. The number of benzene rings is 1. The lowest BCUT2D eigenvalue weighted by Crippen LogP contribution is -2.01. The van der Waals surface area contributed by atoms with Gasteiger partial charge in [-0.05, 0) is 25.1 Å². The normalized spacial score (nSPS) is 11.0. The zero-order chi connectivity index (χ0) is 12.5. The maximum absolute atomic E-state index is 4.27. The van der Waals surface area contributed by atoms with E-state index < -0.39 is 0 Å². The first-order valence-electron chi connectivity index (χ1n) is 5.78. The van der Waals surface area contributed by atoms with Crippen LogP contribution in [0.4, 0.5) is 5.69 Å². The van der Waals surface area contributed by atoms with Crippen molar-refractivity contribution >= 4 is 27.2 Å². The summed E-state index contributed by atoms with van der Waals surface area (Å²) < 4.78 is 3.10. The molecule has 0 aliphatic rings. The molecule has 0 spiro atoms. The lowest BCUT2D eigenvalue weighted by Gasteiger charge is -2.06. The fourth-order valence-corrected chi connectivity index (χ4v) is 2.60. The molecule has 0 atom stereocenters. The van der Waals surface area contributed by atoms with E-state index in [0.717, 1.165) is 17.7 Å². The van der Waals surface area contributed by atoms with Gasteiger partial charge >= 0.3 is 0 Å². The number of aromatic nitrogens is 3. The summed E-state index contributed by atoms with van der Waals surface area (Å²) in [5.74, 6) is 0. The van der Waals surface area contributed by atoms with Crippen LogP contribution in [0.5, 0.6) is 0 Å². The molecule has 0 saturated carbocycles. The van der Waals surface area contributed by atoms with Crippen molar-refractivity contribution in [3.8, 4) is 0 Å². The average molecular weight is 258 g/mol. The largest absolute Gasteiger partial charge is 0.381 e. The van der Waals surface area contributed by atoms with Crippen LogP contribution >= 0.6 is 11.3 Å². The molecule has 18 heavy (non-hydrogen) atoms. The summed E-state index contributed by atoms with van der Waals surface area (Å²) >= 11 is 1.66. The van der Waals surface area contributed by atoms with Crippen LogP contribution in [0.25, 0.3) is 10.2 Å². The highest BCUT2D eigenvalue weighted by atomic mass is 32.1. The van der Waals surface area contributed by atoms with E-state index in [2.05, 4.69) is 34.5 Å². The number of rotatable bonds is 3. The maximum Gasteiger partial charge on any atom is 0.0813 e. The van der Waals surface area contributed by atoms with Crippen LogP contribution in [0.3, 0.4) is 0 Å². The van der Waals surface area contributed by atoms with Crippen LogP contribution in [0, 0.1) is 6.92 Å². The first-order chi connectivity index (χ1) is 8.74. The van der Waals surface area contributed by atoms with Crippen molar-refractivity contribution in [3.05, 3.63) is 41.2 Å². The van der Waals surface area contributed by atoms with Crippen LogP contribution in [-0.2, 0) is 13.6 Å². The molecule has 0 aliphatic carbocycles. The van der Waals surface area contributed by atoms with Gasteiger partial charge in [0.15, 0.2) is 0 Å². The number of hydrogen-bond donors (Lipinski definition) is 1. The van der Waals surface area contributed by atoms with Crippen molar-refractivity contribution in [1.29, 1.82) is 0 Å². The summed E-state index contributed by atoms with van der Waals surface area (Å²) in [6, 6.07) is 6.25. The highest BCUT2D eigenvalue weighted by Gasteiger charge is 2.04. The van der Waals surface area contributed by atoms with Gasteiger partial charge in [-0.1, -0.05) is 0 Å². The molecule has 92 valence electrons. The van der Waals surface area contributed by atoms with Crippen LogP contribution in [-0.4, -0.2) is 14.8 Å². The van der Waals surface area contributed by atoms with Gasteiger partial charge < -0.3 is 5.32 Å². The zero-order valence-electron chi connectivity index (χ0n) is 10.3. The number of thiazole rings is 1. The Hall–Kier alpha value is -1.88. The van der Waals surface area contributed by atoms with Gasteiger partial charge in [-0.25, -0.2) is 4.98 Å². The standard InChI is InChI=1S/C13H14N4S/c1-9-10(7-16-17(9)2)6-14-11-3-4-12-13(5-11)18-8-15-12/h3-5,7-8,14H,6H2,1-2H3. The van der Waals surface area contributed by atoms with Gasteiger partial charge in [-0.15, -0.1) is 11.3 Å². The monoisotopic (exact) mass is 258 g/mol. The molecule has 0 radical (unpaired) electrons. The Morgan fingerprint density at radius 1 is 1.39 bits per heavy atom. The molecule has 0 saturated heterocycles. The van der Waals surface area contributed by atoms with Crippen LogP contribution in [0.1, 0.15) is 11.3 Å². The van der Waals surface area contributed by atoms with Gasteiger partial charge in [0.25, 0.3) is 0 Å². The lowest BCUT2D eigenvalue weighted by atomic mass is 10.2. The molecule has 0 bridgehead atoms. The molecule has 3 rings (SSSR count). The van der Waals surface area contributed by atoms with Gasteiger partial charge in [-0.2, -0.15) is 5.10 Å². The molecule has 2 heterocycles. The van der Waals surface area contributed by atoms with Gasteiger partial charge in [0.1, 0.15) is 0 Å². The predicted molar refractivity (Wildman–Crippen MR) is 74.9 cm³/mol. The Morgan fingerprint density at radius 3 is 3.06 bits per heavy atom. The Kier molecular flexibility index (Phi) is 2.76. The van der Waals surface area contributed by atoms with Crippen LogP contribution in [0.15, 0.2) is 29.9 Å². The molecule has 0 unspecified atom stereocenters. The summed E-state index contributed by atoms with van der Waals surface area (Å²) in [6.07, 6.45) is 1.91. The minimum atomic E-state index is 0.796. The quantitative estimate of drug-likeness (QED) is 0.785. The smallest absolute Gasteiger partial charge is 0.0813 e. The molecule has 1 N–H and O–H groups in total. The third-order valence-corrected chi connectivity index (χ3v) is 3.94. The zero-order valence-corrected chi connectivity index (χ0v) is 11.2. The van der Waals surface area contributed by atoms with E-state index in [1.807, 2.05) is 29.5 Å². The van der Waals surface area contributed by atoms with E-state index in [9.17, 15) is 0 Å². The average Bonchev–Trinajstić information content (AvgIpc) is 2.96. The third-order valence-electron chi connectivity index (χ3n) is 3.15. The van der Waals surface area contributed by atoms with Crippen molar-refractivity contribution in [2.45, 2.75) is 13.5 Å². The fraction of sp³-hybridized carbons (Fsp3) is 0.231. The van der Waals surface area contributed by atoms with E-state index in [-0.39, 0.29) is 0 Å². The van der Waals surface area contributed by atoms with Crippen LogP contribution < -0.4 is 5.32 Å². The van der Waals surface area contributed by atoms with Crippen LogP contribution in [0.2, 0.25) is 0 Å². The molecule has 5 heteroatoms. The third kappa shape index (κ3) is 1.97. The second-order valence-electron chi connectivity index (χ2n) is 4.27. The number of aryl methyl sites for hydroxylation is 1. The van der Waals surface area contributed by atoms with E-state index >= 15 is 0 Å². The van der Waals surface area contributed by atoms with Crippen molar-refractivity contribution < 1.29 is 0 Å².